The first-order valence-electron chi connectivity index (χ1n) is 5.92. The van der Waals surface area contributed by atoms with Crippen LogP contribution in [0.1, 0.15) is 18.9 Å². The summed E-state index contributed by atoms with van der Waals surface area (Å²) >= 11 is 0. The normalized spacial score (nSPS) is 19.4. The summed E-state index contributed by atoms with van der Waals surface area (Å²) in [6.07, 6.45) is 5.15. The van der Waals surface area contributed by atoms with Crippen LogP contribution in [0.5, 0.6) is 0 Å². The van der Waals surface area contributed by atoms with E-state index in [1.54, 1.807) is 6.08 Å². The average molecular weight is 231 g/mol. The summed E-state index contributed by atoms with van der Waals surface area (Å²) in [6, 6.07) is 8.81. The highest BCUT2D eigenvalue weighted by molar-refractivity contribution is 5.79. The van der Waals surface area contributed by atoms with Crippen LogP contribution in [0.15, 0.2) is 36.4 Å². The molecule has 0 aliphatic carbocycles. The highest BCUT2D eigenvalue weighted by Crippen LogP contribution is 2.29. The van der Waals surface area contributed by atoms with Gasteiger partial charge >= 0.3 is 5.97 Å². The van der Waals surface area contributed by atoms with E-state index in [9.17, 15) is 4.79 Å². The average Bonchev–Trinajstić information content (AvgIpc) is 2.32. The van der Waals surface area contributed by atoms with Crippen LogP contribution < -0.4 is 4.90 Å². The van der Waals surface area contributed by atoms with Crippen molar-refractivity contribution in [2.45, 2.75) is 25.8 Å². The van der Waals surface area contributed by atoms with Gasteiger partial charge in [-0.3, -0.25) is 0 Å². The van der Waals surface area contributed by atoms with Crippen LogP contribution in [0.25, 0.3) is 0 Å². The largest absolute Gasteiger partial charge is 0.478 e. The summed E-state index contributed by atoms with van der Waals surface area (Å²) in [6.45, 7) is 2.84. The van der Waals surface area contributed by atoms with Crippen LogP contribution in [0.2, 0.25) is 0 Å². The van der Waals surface area contributed by atoms with E-state index in [4.69, 9.17) is 5.11 Å². The zero-order valence-corrected chi connectivity index (χ0v) is 9.97. The summed E-state index contributed by atoms with van der Waals surface area (Å²) in [5, 5.41) is 8.60. The Morgan fingerprint density at radius 3 is 3.06 bits per heavy atom. The fraction of sp³-hybridized carbons (Fsp3) is 0.357. The molecule has 0 spiro atoms. The topological polar surface area (TPSA) is 40.5 Å². The third-order valence-electron chi connectivity index (χ3n) is 3.23. The zero-order valence-electron chi connectivity index (χ0n) is 9.97. The minimum atomic E-state index is -0.886. The van der Waals surface area contributed by atoms with Gasteiger partial charge in [0.2, 0.25) is 0 Å². The number of hydrogen-bond acceptors (Lipinski definition) is 2. The fourth-order valence-electron chi connectivity index (χ4n) is 2.31. The lowest BCUT2D eigenvalue weighted by Crippen LogP contribution is -2.37. The van der Waals surface area contributed by atoms with Gasteiger partial charge in [-0.25, -0.2) is 4.79 Å². The molecule has 17 heavy (non-hydrogen) atoms. The maximum absolute atomic E-state index is 10.5. The van der Waals surface area contributed by atoms with Crippen molar-refractivity contribution in [2.75, 3.05) is 11.4 Å². The van der Waals surface area contributed by atoms with E-state index < -0.39 is 5.97 Å². The van der Waals surface area contributed by atoms with Gasteiger partial charge in [0.05, 0.1) is 0 Å². The molecule has 0 bridgehead atoms. The van der Waals surface area contributed by atoms with E-state index in [2.05, 4.69) is 30.0 Å². The Bertz CT molecular complexity index is 440. The number of carbonyl (C=O) groups is 1. The van der Waals surface area contributed by atoms with E-state index in [0.717, 1.165) is 12.8 Å². The number of hydrogen-bond donors (Lipinski definition) is 1. The number of nitrogens with zero attached hydrogens (tertiary/aromatic N) is 1. The molecule has 3 heteroatoms. The second-order valence-corrected chi connectivity index (χ2v) is 4.41. The summed E-state index contributed by atoms with van der Waals surface area (Å²) in [5.74, 6) is -0.886. The van der Waals surface area contributed by atoms with Gasteiger partial charge < -0.3 is 10.0 Å². The van der Waals surface area contributed by atoms with Gasteiger partial charge in [-0.05, 0) is 31.4 Å². The SMILES string of the molecule is CC1CCc2ccccc2N1CC=CC(=O)O. The number of anilines is 1. The third-order valence-corrected chi connectivity index (χ3v) is 3.23. The number of fused-ring (bicyclic) bond motifs is 1. The predicted molar refractivity (Wildman–Crippen MR) is 68.3 cm³/mol. The number of carboxylic acid groups (broad SMARTS) is 1. The lowest BCUT2D eigenvalue weighted by atomic mass is 9.97. The number of aliphatic carboxylic acids is 1. The first-order chi connectivity index (χ1) is 8.18. The Morgan fingerprint density at radius 2 is 2.29 bits per heavy atom. The molecule has 1 aliphatic heterocycles. The van der Waals surface area contributed by atoms with Crippen LogP contribution >= 0.6 is 0 Å². The van der Waals surface area contributed by atoms with E-state index in [1.165, 1.54) is 17.3 Å². The lowest BCUT2D eigenvalue weighted by molar-refractivity contribution is -0.131. The minimum Gasteiger partial charge on any atom is -0.478 e. The van der Waals surface area contributed by atoms with Gasteiger partial charge in [-0.2, -0.15) is 0 Å². The molecule has 3 nitrogen and oxygen atoms in total. The standard InChI is InChI=1S/C14H17NO2/c1-11-8-9-12-5-2-3-6-13(12)15(11)10-4-7-14(16)17/h2-7,11H,8-10H2,1H3,(H,16,17). The van der Waals surface area contributed by atoms with Crippen LogP contribution in [0.3, 0.4) is 0 Å². The molecule has 0 saturated carbocycles. The molecule has 1 N–H and O–H groups in total. The van der Waals surface area contributed by atoms with Crippen molar-refractivity contribution in [3.05, 3.63) is 42.0 Å². The molecule has 0 amide bonds. The third kappa shape index (κ3) is 2.67. The Labute approximate surface area is 101 Å². The molecule has 1 unspecified atom stereocenters. The monoisotopic (exact) mass is 231 g/mol. The van der Waals surface area contributed by atoms with Crippen LogP contribution in [0, 0.1) is 0 Å². The summed E-state index contributed by atoms with van der Waals surface area (Å²) in [7, 11) is 0. The Kier molecular flexibility index (Phi) is 3.47. The molecule has 0 fully saturated rings. The Balaban J connectivity index is 2.18. The minimum absolute atomic E-state index is 0.461. The van der Waals surface area contributed by atoms with Gasteiger partial charge in [0.15, 0.2) is 0 Å². The van der Waals surface area contributed by atoms with Crippen molar-refractivity contribution in [1.82, 2.24) is 0 Å². The van der Waals surface area contributed by atoms with Crippen molar-refractivity contribution < 1.29 is 9.90 Å². The maximum Gasteiger partial charge on any atom is 0.328 e. The van der Waals surface area contributed by atoms with Crippen LogP contribution in [0.4, 0.5) is 5.69 Å². The maximum atomic E-state index is 10.5. The second kappa shape index (κ2) is 5.04. The number of para-hydroxylation sites is 1. The molecule has 0 aromatic heterocycles. The first-order valence-corrected chi connectivity index (χ1v) is 5.92. The number of rotatable bonds is 3. The van der Waals surface area contributed by atoms with Gasteiger partial charge in [0, 0.05) is 24.4 Å². The number of benzene rings is 1. The molecular formula is C14H17NO2. The molecule has 1 heterocycles. The van der Waals surface area contributed by atoms with E-state index in [-0.39, 0.29) is 0 Å². The lowest BCUT2D eigenvalue weighted by Gasteiger charge is -2.36. The smallest absolute Gasteiger partial charge is 0.328 e. The molecule has 1 aromatic carbocycles. The van der Waals surface area contributed by atoms with Crippen LogP contribution in [-0.4, -0.2) is 23.7 Å². The van der Waals surface area contributed by atoms with Gasteiger partial charge in [-0.15, -0.1) is 0 Å². The van der Waals surface area contributed by atoms with Crippen molar-refractivity contribution in [2.24, 2.45) is 0 Å². The highest BCUT2D eigenvalue weighted by Gasteiger charge is 2.21. The van der Waals surface area contributed by atoms with E-state index in [0.29, 0.717) is 12.6 Å². The predicted octanol–water partition coefficient (Wildman–Crippen LogP) is 2.47. The number of carboxylic acids is 1. The van der Waals surface area contributed by atoms with Crippen molar-refractivity contribution in [3.8, 4) is 0 Å². The summed E-state index contributed by atoms with van der Waals surface area (Å²) in [4.78, 5) is 12.7. The van der Waals surface area contributed by atoms with Gasteiger partial charge in [0.1, 0.15) is 0 Å². The second-order valence-electron chi connectivity index (χ2n) is 4.41. The molecule has 1 aromatic rings. The number of aryl methyl sites for hydroxylation is 1. The molecule has 90 valence electrons. The molecule has 2 rings (SSSR count). The van der Waals surface area contributed by atoms with Crippen molar-refractivity contribution >= 4 is 11.7 Å². The van der Waals surface area contributed by atoms with Gasteiger partial charge in [-0.1, -0.05) is 24.3 Å². The molecular weight excluding hydrogens is 214 g/mol. The summed E-state index contributed by atoms with van der Waals surface area (Å²) < 4.78 is 0. The Hall–Kier alpha value is -1.77. The molecule has 0 saturated heterocycles. The molecule has 0 radical (unpaired) electrons. The molecule has 1 aliphatic rings. The Morgan fingerprint density at radius 1 is 1.53 bits per heavy atom. The van der Waals surface area contributed by atoms with Crippen molar-refractivity contribution in [1.29, 1.82) is 0 Å². The van der Waals surface area contributed by atoms with Gasteiger partial charge in [0.25, 0.3) is 0 Å². The van der Waals surface area contributed by atoms with Crippen molar-refractivity contribution in [3.63, 3.8) is 0 Å². The first kappa shape index (κ1) is 11.7. The zero-order chi connectivity index (χ0) is 12.3. The van der Waals surface area contributed by atoms with E-state index >= 15 is 0 Å². The quantitative estimate of drug-likeness (QED) is 0.812. The fourth-order valence-corrected chi connectivity index (χ4v) is 2.31. The molecule has 1 atom stereocenters. The van der Waals surface area contributed by atoms with Crippen LogP contribution in [-0.2, 0) is 11.2 Å². The highest BCUT2D eigenvalue weighted by atomic mass is 16.4. The van der Waals surface area contributed by atoms with E-state index in [1.807, 2.05) is 6.07 Å². The summed E-state index contributed by atoms with van der Waals surface area (Å²) in [5.41, 5.74) is 2.59.